The Labute approximate surface area is 98.1 Å². The Morgan fingerprint density at radius 2 is 1.86 bits per heavy atom. The van der Waals surface area contributed by atoms with Crippen molar-refractivity contribution in [3.05, 3.63) is 27.8 Å². The fourth-order valence-electron chi connectivity index (χ4n) is 1.02. The first-order valence-electron chi connectivity index (χ1n) is 4.29. The van der Waals surface area contributed by atoms with Crippen molar-refractivity contribution in [3.8, 4) is 0 Å². The maximum atomic E-state index is 11.4. The van der Waals surface area contributed by atoms with Crippen LogP contribution in [-0.4, -0.2) is 14.2 Å². The van der Waals surface area contributed by atoms with E-state index in [0.717, 1.165) is 3.57 Å². The Morgan fingerprint density at radius 3 is 2.36 bits per heavy atom. The van der Waals surface area contributed by atoms with Gasteiger partial charge in [-0.3, -0.25) is 4.72 Å². The van der Waals surface area contributed by atoms with Gasteiger partial charge in [-0.05, 0) is 53.3 Å². The summed E-state index contributed by atoms with van der Waals surface area (Å²) >= 11 is 2.17. The molecule has 0 aromatic heterocycles. The van der Waals surface area contributed by atoms with E-state index in [1.54, 1.807) is 12.1 Å². The van der Waals surface area contributed by atoms with E-state index in [4.69, 9.17) is 0 Å². The third-order valence-electron chi connectivity index (χ3n) is 1.59. The van der Waals surface area contributed by atoms with Crippen molar-refractivity contribution in [2.24, 2.45) is 0 Å². The highest BCUT2D eigenvalue weighted by molar-refractivity contribution is 14.1. The summed E-state index contributed by atoms with van der Waals surface area (Å²) in [6.07, 6.45) is 0.625. The molecule has 1 rings (SSSR count). The molecule has 0 bridgehead atoms. The minimum Gasteiger partial charge on any atom is -0.284 e. The standard InChI is InChI=1S/C9H12INO2S/c1-2-7-14(12,13)11-9-5-3-8(10)4-6-9/h3-6,11H,2,7H2,1H3. The monoisotopic (exact) mass is 325 g/mol. The number of rotatable bonds is 4. The van der Waals surface area contributed by atoms with Crippen LogP contribution in [0.25, 0.3) is 0 Å². The number of anilines is 1. The molecule has 3 nitrogen and oxygen atoms in total. The number of halogens is 1. The Balaban J connectivity index is 2.74. The molecule has 1 aromatic carbocycles. The molecule has 1 N–H and O–H groups in total. The second kappa shape index (κ2) is 4.97. The molecule has 0 saturated heterocycles. The summed E-state index contributed by atoms with van der Waals surface area (Å²) in [6, 6.07) is 7.25. The van der Waals surface area contributed by atoms with Gasteiger partial charge < -0.3 is 0 Å². The molecule has 0 radical (unpaired) electrons. The van der Waals surface area contributed by atoms with Gasteiger partial charge in [0.1, 0.15) is 0 Å². The largest absolute Gasteiger partial charge is 0.284 e. The Morgan fingerprint density at radius 1 is 1.29 bits per heavy atom. The third kappa shape index (κ3) is 3.83. The summed E-state index contributed by atoms with van der Waals surface area (Å²) in [5.41, 5.74) is 0.624. The molecular formula is C9H12INO2S. The average molecular weight is 325 g/mol. The zero-order valence-electron chi connectivity index (χ0n) is 7.83. The summed E-state index contributed by atoms with van der Waals surface area (Å²) in [4.78, 5) is 0. The van der Waals surface area contributed by atoms with E-state index in [1.165, 1.54) is 0 Å². The fraction of sp³-hybridized carbons (Fsp3) is 0.333. The maximum absolute atomic E-state index is 11.4. The number of sulfonamides is 1. The van der Waals surface area contributed by atoms with Gasteiger partial charge in [0.25, 0.3) is 0 Å². The van der Waals surface area contributed by atoms with Crippen LogP contribution in [0.2, 0.25) is 0 Å². The molecule has 0 amide bonds. The molecule has 0 unspecified atom stereocenters. The highest BCUT2D eigenvalue weighted by atomic mass is 127. The maximum Gasteiger partial charge on any atom is 0.232 e. The van der Waals surface area contributed by atoms with Crippen molar-refractivity contribution in [2.75, 3.05) is 10.5 Å². The van der Waals surface area contributed by atoms with Crippen LogP contribution < -0.4 is 4.72 Å². The molecule has 0 atom stereocenters. The van der Waals surface area contributed by atoms with E-state index < -0.39 is 10.0 Å². The van der Waals surface area contributed by atoms with Crippen LogP contribution in [0.15, 0.2) is 24.3 Å². The lowest BCUT2D eigenvalue weighted by molar-refractivity contribution is 0.600. The molecule has 0 spiro atoms. The lowest BCUT2D eigenvalue weighted by Gasteiger charge is -2.06. The summed E-state index contributed by atoms with van der Waals surface area (Å²) < 4.78 is 26.3. The lowest BCUT2D eigenvalue weighted by Crippen LogP contribution is -2.15. The zero-order valence-corrected chi connectivity index (χ0v) is 10.8. The summed E-state index contributed by atoms with van der Waals surface area (Å²) in [5, 5.41) is 0. The molecule has 0 saturated carbocycles. The van der Waals surface area contributed by atoms with Gasteiger partial charge in [0.05, 0.1) is 5.75 Å². The molecule has 0 aliphatic carbocycles. The van der Waals surface area contributed by atoms with Crippen LogP contribution in [0.1, 0.15) is 13.3 Å². The van der Waals surface area contributed by atoms with E-state index in [1.807, 2.05) is 19.1 Å². The number of hydrogen-bond donors (Lipinski definition) is 1. The quantitative estimate of drug-likeness (QED) is 0.865. The van der Waals surface area contributed by atoms with Crippen molar-refractivity contribution < 1.29 is 8.42 Å². The van der Waals surface area contributed by atoms with Gasteiger partial charge in [-0.15, -0.1) is 0 Å². The predicted octanol–water partition coefficient (Wildman–Crippen LogP) is 2.44. The summed E-state index contributed by atoms with van der Waals surface area (Å²) in [6.45, 7) is 1.84. The van der Waals surface area contributed by atoms with E-state index in [9.17, 15) is 8.42 Å². The van der Waals surface area contributed by atoms with Gasteiger partial charge in [-0.1, -0.05) is 6.92 Å². The van der Waals surface area contributed by atoms with Crippen molar-refractivity contribution in [2.45, 2.75) is 13.3 Å². The first-order chi connectivity index (χ1) is 6.53. The van der Waals surface area contributed by atoms with Gasteiger partial charge in [-0.25, -0.2) is 8.42 Å². The Hall–Kier alpha value is -0.300. The van der Waals surface area contributed by atoms with E-state index >= 15 is 0 Å². The minimum absolute atomic E-state index is 0.166. The van der Waals surface area contributed by atoms with Gasteiger partial charge in [0.2, 0.25) is 10.0 Å². The molecule has 0 heterocycles. The second-order valence-corrected chi connectivity index (χ2v) is 6.02. The Kier molecular flexibility index (Phi) is 4.18. The van der Waals surface area contributed by atoms with E-state index in [2.05, 4.69) is 27.3 Å². The average Bonchev–Trinajstić information content (AvgIpc) is 2.08. The zero-order chi connectivity index (χ0) is 10.6. The van der Waals surface area contributed by atoms with Crippen LogP contribution >= 0.6 is 22.6 Å². The SMILES string of the molecule is CCCS(=O)(=O)Nc1ccc(I)cc1. The van der Waals surface area contributed by atoms with Crippen molar-refractivity contribution >= 4 is 38.3 Å². The number of nitrogens with one attached hydrogen (secondary N) is 1. The van der Waals surface area contributed by atoms with Gasteiger partial charge in [-0.2, -0.15) is 0 Å². The molecule has 0 aliphatic rings. The lowest BCUT2D eigenvalue weighted by atomic mass is 10.3. The van der Waals surface area contributed by atoms with Crippen molar-refractivity contribution in [1.29, 1.82) is 0 Å². The van der Waals surface area contributed by atoms with Gasteiger partial charge in [0.15, 0.2) is 0 Å². The van der Waals surface area contributed by atoms with Crippen molar-refractivity contribution in [1.82, 2.24) is 0 Å². The minimum atomic E-state index is -3.15. The third-order valence-corrected chi connectivity index (χ3v) is 3.80. The Bertz CT molecular complexity index is 386. The van der Waals surface area contributed by atoms with Crippen LogP contribution in [0, 0.1) is 3.57 Å². The molecular weight excluding hydrogens is 313 g/mol. The molecule has 0 aliphatic heterocycles. The van der Waals surface area contributed by atoms with E-state index in [0.29, 0.717) is 12.1 Å². The van der Waals surface area contributed by atoms with Crippen LogP contribution in [0.4, 0.5) is 5.69 Å². The molecule has 14 heavy (non-hydrogen) atoms. The van der Waals surface area contributed by atoms with Crippen LogP contribution in [-0.2, 0) is 10.0 Å². The van der Waals surface area contributed by atoms with Gasteiger partial charge in [0, 0.05) is 9.26 Å². The predicted molar refractivity (Wildman–Crippen MR) is 66.9 cm³/mol. The molecule has 5 heteroatoms. The fourth-order valence-corrected chi connectivity index (χ4v) is 2.51. The highest BCUT2D eigenvalue weighted by Crippen LogP contribution is 2.12. The molecule has 78 valence electrons. The summed E-state index contributed by atoms with van der Waals surface area (Å²) in [7, 11) is -3.15. The molecule has 0 fully saturated rings. The molecule has 1 aromatic rings. The van der Waals surface area contributed by atoms with E-state index in [-0.39, 0.29) is 5.75 Å². The van der Waals surface area contributed by atoms with Crippen LogP contribution in [0.3, 0.4) is 0 Å². The number of hydrogen-bond acceptors (Lipinski definition) is 2. The summed E-state index contributed by atoms with van der Waals surface area (Å²) in [5.74, 6) is 0.166. The smallest absolute Gasteiger partial charge is 0.232 e. The van der Waals surface area contributed by atoms with Crippen molar-refractivity contribution in [3.63, 3.8) is 0 Å². The normalized spacial score (nSPS) is 11.3. The van der Waals surface area contributed by atoms with Crippen LogP contribution in [0.5, 0.6) is 0 Å². The van der Waals surface area contributed by atoms with Gasteiger partial charge >= 0.3 is 0 Å². The topological polar surface area (TPSA) is 46.2 Å². The number of benzene rings is 1. The second-order valence-electron chi connectivity index (χ2n) is 2.93. The first-order valence-corrected chi connectivity index (χ1v) is 7.02. The highest BCUT2D eigenvalue weighted by Gasteiger charge is 2.07. The first kappa shape index (κ1) is 11.8.